The van der Waals surface area contributed by atoms with E-state index in [0.29, 0.717) is 12.2 Å². The third kappa shape index (κ3) is 3.43. The van der Waals surface area contributed by atoms with Gasteiger partial charge >= 0.3 is 0 Å². The lowest BCUT2D eigenvalue weighted by Crippen LogP contribution is -2.26. The summed E-state index contributed by atoms with van der Waals surface area (Å²) >= 11 is 0. The molecule has 1 aromatic heterocycles. The molecule has 1 heterocycles. The van der Waals surface area contributed by atoms with Crippen LogP contribution in [-0.4, -0.2) is 13.0 Å². The second kappa shape index (κ2) is 6.67. The molecule has 0 spiro atoms. The second-order valence-electron chi connectivity index (χ2n) is 5.51. The zero-order chi connectivity index (χ0) is 16.2. The maximum Gasteiger partial charge on any atom is 0.251 e. The van der Waals surface area contributed by atoms with Gasteiger partial charge in [0.15, 0.2) is 0 Å². The van der Waals surface area contributed by atoms with Crippen LogP contribution in [0.25, 0.3) is 11.0 Å². The lowest BCUT2D eigenvalue weighted by molar-refractivity contribution is 0.0935. The maximum absolute atomic E-state index is 12.3. The van der Waals surface area contributed by atoms with Gasteiger partial charge < -0.3 is 14.5 Å². The first kappa shape index (κ1) is 15.3. The fourth-order valence-corrected chi connectivity index (χ4v) is 2.49. The predicted molar refractivity (Wildman–Crippen MR) is 89.3 cm³/mol. The second-order valence-corrected chi connectivity index (χ2v) is 5.51. The predicted octanol–water partition coefficient (Wildman–Crippen LogP) is 4.07. The lowest BCUT2D eigenvalue weighted by atomic mass is 10.1. The smallest absolute Gasteiger partial charge is 0.251 e. The molecular weight excluding hydrogens is 290 g/mol. The molecule has 4 nitrogen and oxygen atoms in total. The standard InChI is InChI=1S/C19H19NO3/c1-13(18-11-16-5-3-4-6-17(16)23-18)20-19(21)15-9-7-14(8-10-15)12-22-2/h3-11,13H,12H2,1-2H3,(H,20,21)/t13-/m0/s1. The number of carbonyl (C=O) groups excluding carboxylic acids is 1. The van der Waals surface area contributed by atoms with Gasteiger partial charge in [0.05, 0.1) is 12.6 Å². The van der Waals surface area contributed by atoms with Crippen molar-refractivity contribution in [2.75, 3.05) is 7.11 Å². The van der Waals surface area contributed by atoms with Crippen LogP contribution < -0.4 is 5.32 Å². The van der Waals surface area contributed by atoms with Gasteiger partial charge in [-0.1, -0.05) is 30.3 Å². The summed E-state index contributed by atoms with van der Waals surface area (Å²) in [5.41, 5.74) is 2.48. The number of furan rings is 1. The normalized spacial score (nSPS) is 12.3. The van der Waals surface area contributed by atoms with E-state index in [9.17, 15) is 4.79 Å². The van der Waals surface area contributed by atoms with Crippen LogP contribution in [0.1, 0.15) is 34.6 Å². The topological polar surface area (TPSA) is 51.5 Å². The Balaban J connectivity index is 1.71. The van der Waals surface area contributed by atoms with Crippen molar-refractivity contribution >= 4 is 16.9 Å². The molecule has 4 heteroatoms. The molecule has 0 unspecified atom stereocenters. The fraction of sp³-hybridized carbons (Fsp3) is 0.211. The third-order valence-corrected chi connectivity index (χ3v) is 3.75. The molecule has 1 atom stereocenters. The van der Waals surface area contributed by atoms with Gasteiger partial charge in [-0.3, -0.25) is 4.79 Å². The minimum absolute atomic E-state index is 0.123. The number of hydrogen-bond donors (Lipinski definition) is 1. The number of hydrogen-bond acceptors (Lipinski definition) is 3. The van der Waals surface area contributed by atoms with Gasteiger partial charge in [-0.2, -0.15) is 0 Å². The number of para-hydroxylation sites is 1. The third-order valence-electron chi connectivity index (χ3n) is 3.75. The number of ether oxygens (including phenoxy) is 1. The lowest BCUT2D eigenvalue weighted by Gasteiger charge is -2.11. The monoisotopic (exact) mass is 309 g/mol. The Kier molecular flexibility index (Phi) is 4.44. The van der Waals surface area contributed by atoms with Crippen molar-refractivity contribution in [2.24, 2.45) is 0 Å². The molecule has 2 aromatic carbocycles. The van der Waals surface area contributed by atoms with Crippen LogP contribution in [0.3, 0.4) is 0 Å². The molecular formula is C19H19NO3. The number of amides is 1. The van der Waals surface area contributed by atoms with Crippen molar-refractivity contribution in [3.8, 4) is 0 Å². The highest BCUT2D eigenvalue weighted by Crippen LogP contribution is 2.23. The number of rotatable bonds is 5. The number of methoxy groups -OCH3 is 1. The first-order chi connectivity index (χ1) is 11.2. The zero-order valence-corrected chi connectivity index (χ0v) is 13.2. The molecule has 0 saturated carbocycles. The van der Waals surface area contributed by atoms with E-state index in [1.54, 1.807) is 19.2 Å². The summed E-state index contributed by atoms with van der Waals surface area (Å²) < 4.78 is 10.9. The largest absolute Gasteiger partial charge is 0.459 e. The molecule has 0 aliphatic rings. The minimum Gasteiger partial charge on any atom is -0.459 e. The van der Waals surface area contributed by atoms with E-state index in [4.69, 9.17) is 9.15 Å². The average Bonchev–Trinajstić information content (AvgIpc) is 3.00. The maximum atomic E-state index is 12.3. The summed E-state index contributed by atoms with van der Waals surface area (Å²) in [5.74, 6) is 0.623. The number of benzene rings is 2. The summed E-state index contributed by atoms with van der Waals surface area (Å²) in [6, 6.07) is 17.0. The Morgan fingerprint density at radius 3 is 2.61 bits per heavy atom. The van der Waals surface area contributed by atoms with Crippen LogP contribution in [0.2, 0.25) is 0 Å². The summed E-state index contributed by atoms with van der Waals surface area (Å²) in [7, 11) is 1.65. The van der Waals surface area contributed by atoms with Gasteiger partial charge in [0, 0.05) is 18.1 Å². The van der Waals surface area contributed by atoms with E-state index in [0.717, 1.165) is 22.3 Å². The molecule has 0 bridgehead atoms. The Morgan fingerprint density at radius 1 is 1.17 bits per heavy atom. The molecule has 1 N–H and O–H groups in total. The Bertz CT molecular complexity index is 772. The highest BCUT2D eigenvalue weighted by atomic mass is 16.5. The summed E-state index contributed by atoms with van der Waals surface area (Å²) in [5, 5.41) is 4.00. The summed E-state index contributed by atoms with van der Waals surface area (Å²) in [6.45, 7) is 2.45. The summed E-state index contributed by atoms with van der Waals surface area (Å²) in [4.78, 5) is 12.3. The number of fused-ring (bicyclic) bond motifs is 1. The van der Waals surface area contributed by atoms with Crippen molar-refractivity contribution in [1.29, 1.82) is 0 Å². The van der Waals surface area contributed by atoms with Crippen molar-refractivity contribution in [2.45, 2.75) is 19.6 Å². The first-order valence-corrected chi connectivity index (χ1v) is 7.54. The average molecular weight is 309 g/mol. The highest BCUT2D eigenvalue weighted by molar-refractivity contribution is 5.94. The van der Waals surface area contributed by atoms with Crippen LogP contribution in [0.15, 0.2) is 59.0 Å². The SMILES string of the molecule is COCc1ccc(C(=O)N[C@@H](C)c2cc3ccccc3o2)cc1. The van der Waals surface area contributed by atoms with E-state index < -0.39 is 0 Å². The van der Waals surface area contributed by atoms with Gasteiger partial charge in [0.2, 0.25) is 0 Å². The molecule has 0 fully saturated rings. The Labute approximate surface area is 135 Å². The van der Waals surface area contributed by atoms with E-state index in [1.165, 1.54) is 0 Å². The molecule has 118 valence electrons. The van der Waals surface area contributed by atoms with E-state index in [-0.39, 0.29) is 11.9 Å². The van der Waals surface area contributed by atoms with Gasteiger partial charge in [0.1, 0.15) is 11.3 Å². The van der Waals surface area contributed by atoms with Crippen LogP contribution in [0.5, 0.6) is 0 Å². The van der Waals surface area contributed by atoms with Gasteiger partial charge in [-0.05, 0) is 36.8 Å². The molecule has 3 aromatic rings. The van der Waals surface area contributed by atoms with Gasteiger partial charge in [-0.25, -0.2) is 0 Å². The van der Waals surface area contributed by atoms with E-state index in [1.807, 2.05) is 49.4 Å². The molecule has 0 saturated heterocycles. The first-order valence-electron chi connectivity index (χ1n) is 7.54. The van der Waals surface area contributed by atoms with Crippen molar-refractivity contribution in [1.82, 2.24) is 5.32 Å². The molecule has 3 rings (SSSR count). The van der Waals surface area contributed by atoms with E-state index in [2.05, 4.69) is 5.32 Å². The van der Waals surface area contributed by atoms with E-state index >= 15 is 0 Å². The quantitative estimate of drug-likeness (QED) is 0.773. The van der Waals surface area contributed by atoms with Crippen molar-refractivity contribution < 1.29 is 13.9 Å². The number of carbonyl (C=O) groups is 1. The Hall–Kier alpha value is -2.59. The molecule has 0 aliphatic heterocycles. The van der Waals surface area contributed by atoms with Crippen LogP contribution >= 0.6 is 0 Å². The van der Waals surface area contributed by atoms with Gasteiger partial charge in [-0.15, -0.1) is 0 Å². The van der Waals surface area contributed by atoms with Crippen molar-refractivity contribution in [3.63, 3.8) is 0 Å². The van der Waals surface area contributed by atoms with Crippen LogP contribution in [-0.2, 0) is 11.3 Å². The van der Waals surface area contributed by atoms with Crippen LogP contribution in [0.4, 0.5) is 0 Å². The molecule has 23 heavy (non-hydrogen) atoms. The molecule has 1 amide bonds. The number of nitrogens with one attached hydrogen (secondary N) is 1. The highest BCUT2D eigenvalue weighted by Gasteiger charge is 2.15. The Morgan fingerprint density at radius 2 is 1.91 bits per heavy atom. The fourth-order valence-electron chi connectivity index (χ4n) is 2.49. The van der Waals surface area contributed by atoms with Crippen LogP contribution in [0, 0.1) is 0 Å². The summed E-state index contributed by atoms with van der Waals surface area (Å²) in [6.07, 6.45) is 0. The zero-order valence-electron chi connectivity index (χ0n) is 13.2. The molecule has 0 radical (unpaired) electrons. The molecule has 0 aliphatic carbocycles. The minimum atomic E-state index is -0.200. The van der Waals surface area contributed by atoms with Gasteiger partial charge in [0.25, 0.3) is 5.91 Å². The van der Waals surface area contributed by atoms with Crippen molar-refractivity contribution in [3.05, 3.63) is 71.5 Å².